The molecular formula is C15H18N2O2. The molecule has 0 amide bonds. The van der Waals surface area contributed by atoms with Crippen LogP contribution in [-0.2, 0) is 23.1 Å². The van der Waals surface area contributed by atoms with Crippen molar-refractivity contribution in [2.24, 2.45) is 7.05 Å². The van der Waals surface area contributed by atoms with Gasteiger partial charge in [0, 0.05) is 25.5 Å². The fourth-order valence-electron chi connectivity index (χ4n) is 1.99. The maximum absolute atomic E-state index is 11.9. The molecule has 100 valence electrons. The Balaban J connectivity index is 2.11. The molecule has 2 aromatic rings. The lowest BCUT2D eigenvalue weighted by molar-refractivity contribution is -0.143. The van der Waals surface area contributed by atoms with E-state index in [0.29, 0.717) is 6.54 Å². The number of nitrogens with one attached hydrogen (secondary N) is 1. The summed E-state index contributed by atoms with van der Waals surface area (Å²) in [5.41, 5.74) is 2.02. The van der Waals surface area contributed by atoms with E-state index in [-0.39, 0.29) is 5.97 Å². The molecule has 0 aliphatic heterocycles. The van der Waals surface area contributed by atoms with Crippen LogP contribution in [0.1, 0.15) is 17.3 Å². The predicted octanol–water partition coefficient (Wildman–Crippen LogP) is 2.03. The molecular weight excluding hydrogens is 240 g/mol. The number of ether oxygens (including phenoxy) is 1. The molecule has 1 heterocycles. The van der Waals surface area contributed by atoms with Crippen LogP contribution in [0.15, 0.2) is 48.7 Å². The second-order valence-electron chi connectivity index (χ2n) is 4.36. The van der Waals surface area contributed by atoms with Gasteiger partial charge in [0.25, 0.3) is 0 Å². The van der Waals surface area contributed by atoms with Gasteiger partial charge in [0.2, 0.25) is 0 Å². The van der Waals surface area contributed by atoms with Gasteiger partial charge in [0.15, 0.2) is 0 Å². The van der Waals surface area contributed by atoms with Gasteiger partial charge in [0.05, 0.1) is 7.11 Å². The Morgan fingerprint density at radius 3 is 2.58 bits per heavy atom. The first-order chi connectivity index (χ1) is 9.22. The number of carbonyl (C=O) groups excluding carboxylic acids is 1. The third-order valence-corrected chi connectivity index (χ3v) is 3.11. The molecule has 0 aliphatic rings. The topological polar surface area (TPSA) is 43.3 Å². The van der Waals surface area contributed by atoms with Gasteiger partial charge in [0.1, 0.15) is 6.04 Å². The van der Waals surface area contributed by atoms with Gasteiger partial charge < -0.3 is 9.30 Å². The van der Waals surface area contributed by atoms with E-state index in [0.717, 1.165) is 11.3 Å². The molecule has 1 aromatic carbocycles. The van der Waals surface area contributed by atoms with E-state index in [1.54, 1.807) is 0 Å². The molecule has 0 spiro atoms. The number of esters is 1. The number of benzene rings is 1. The molecule has 0 radical (unpaired) electrons. The quantitative estimate of drug-likeness (QED) is 0.834. The number of hydrogen-bond donors (Lipinski definition) is 1. The second-order valence-corrected chi connectivity index (χ2v) is 4.36. The predicted molar refractivity (Wildman–Crippen MR) is 73.5 cm³/mol. The van der Waals surface area contributed by atoms with Crippen molar-refractivity contribution >= 4 is 5.97 Å². The fraction of sp³-hybridized carbons (Fsp3) is 0.267. The molecule has 1 atom stereocenters. The first kappa shape index (κ1) is 13.4. The molecule has 0 fully saturated rings. The van der Waals surface area contributed by atoms with Crippen molar-refractivity contribution in [2.75, 3.05) is 7.11 Å². The number of methoxy groups -OCH3 is 1. The summed E-state index contributed by atoms with van der Waals surface area (Å²) in [5.74, 6) is -0.277. The Bertz CT molecular complexity index is 534. The van der Waals surface area contributed by atoms with Crippen LogP contribution in [0.3, 0.4) is 0 Å². The Kier molecular flexibility index (Phi) is 4.36. The minimum atomic E-state index is -0.443. The minimum absolute atomic E-state index is 0.277. The molecule has 0 saturated carbocycles. The number of aryl methyl sites for hydroxylation is 1. The summed E-state index contributed by atoms with van der Waals surface area (Å²) >= 11 is 0. The zero-order valence-electron chi connectivity index (χ0n) is 11.2. The van der Waals surface area contributed by atoms with E-state index in [1.807, 2.05) is 60.3 Å². The largest absolute Gasteiger partial charge is 0.468 e. The number of aromatic nitrogens is 1. The molecule has 19 heavy (non-hydrogen) atoms. The Morgan fingerprint density at radius 2 is 2.00 bits per heavy atom. The van der Waals surface area contributed by atoms with Gasteiger partial charge in [-0.25, -0.2) is 4.79 Å². The van der Waals surface area contributed by atoms with Crippen molar-refractivity contribution in [1.82, 2.24) is 9.88 Å². The fourth-order valence-corrected chi connectivity index (χ4v) is 1.99. The molecule has 0 aliphatic carbocycles. The summed E-state index contributed by atoms with van der Waals surface area (Å²) in [6.45, 7) is 0.609. The van der Waals surface area contributed by atoms with Crippen LogP contribution in [0.5, 0.6) is 0 Å². The maximum Gasteiger partial charge on any atom is 0.327 e. The average molecular weight is 258 g/mol. The van der Waals surface area contributed by atoms with E-state index >= 15 is 0 Å². The van der Waals surface area contributed by atoms with Gasteiger partial charge >= 0.3 is 5.97 Å². The number of rotatable bonds is 5. The third-order valence-electron chi connectivity index (χ3n) is 3.11. The minimum Gasteiger partial charge on any atom is -0.468 e. The van der Waals surface area contributed by atoms with Gasteiger partial charge in [-0.1, -0.05) is 30.3 Å². The summed E-state index contributed by atoms with van der Waals surface area (Å²) in [6, 6.07) is 13.1. The highest BCUT2D eigenvalue weighted by Gasteiger charge is 2.20. The van der Waals surface area contributed by atoms with Crippen LogP contribution in [0, 0.1) is 0 Å². The van der Waals surface area contributed by atoms with Gasteiger partial charge in [-0.3, -0.25) is 5.32 Å². The van der Waals surface area contributed by atoms with Crippen molar-refractivity contribution in [1.29, 1.82) is 0 Å². The number of hydrogen-bond acceptors (Lipinski definition) is 3. The van der Waals surface area contributed by atoms with E-state index < -0.39 is 6.04 Å². The monoisotopic (exact) mass is 258 g/mol. The van der Waals surface area contributed by atoms with Crippen molar-refractivity contribution in [3.8, 4) is 0 Å². The summed E-state index contributed by atoms with van der Waals surface area (Å²) < 4.78 is 6.88. The standard InChI is InChI=1S/C15H18N2O2/c1-17-10-6-9-13(17)11-16-14(15(18)19-2)12-7-4-3-5-8-12/h3-10,14,16H,11H2,1-2H3. The van der Waals surface area contributed by atoms with Crippen LogP contribution in [0.25, 0.3) is 0 Å². The van der Waals surface area contributed by atoms with Gasteiger partial charge in [-0.2, -0.15) is 0 Å². The summed E-state index contributed by atoms with van der Waals surface area (Å²) in [6.07, 6.45) is 1.98. The van der Waals surface area contributed by atoms with Crippen molar-refractivity contribution in [2.45, 2.75) is 12.6 Å². The SMILES string of the molecule is COC(=O)C(NCc1cccn1C)c1ccccc1. The van der Waals surface area contributed by atoms with Gasteiger partial charge in [-0.15, -0.1) is 0 Å². The molecule has 2 rings (SSSR count). The van der Waals surface area contributed by atoms with Crippen LogP contribution in [-0.4, -0.2) is 17.6 Å². The van der Waals surface area contributed by atoms with Gasteiger partial charge in [-0.05, 0) is 17.7 Å². The third kappa shape index (κ3) is 3.23. The Hall–Kier alpha value is -2.07. The van der Waals surface area contributed by atoms with E-state index in [9.17, 15) is 4.79 Å². The molecule has 4 nitrogen and oxygen atoms in total. The Morgan fingerprint density at radius 1 is 1.26 bits per heavy atom. The van der Waals surface area contributed by atoms with Crippen LogP contribution in [0.4, 0.5) is 0 Å². The smallest absolute Gasteiger partial charge is 0.327 e. The van der Waals surface area contributed by atoms with Crippen LogP contribution in [0.2, 0.25) is 0 Å². The number of carbonyl (C=O) groups is 1. The molecule has 1 unspecified atom stereocenters. The van der Waals surface area contributed by atoms with E-state index in [1.165, 1.54) is 7.11 Å². The van der Waals surface area contributed by atoms with Crippen molar-refractivity contribution < 1.29 is 9.53 Å². The highest BCUT2D eigenvalue weighted by atomic mass is 16.5. The maximum atomic E-state index is 11.9. The van der Waals surface area contributed by atoms with Crippen LogP contribution >= 0.6 is 0 Å². The number of nitrogens with zero attached hydrogens (tertiary/aromatic N) is 1. The normalized spacial score (nSPS) is 12.1. The molecule has 1 aromatic heterocycles. The zero-order chi connectivity index (χ0) is 13.7. The summed E-state index contributed by atoms with van der Waals surface area (Å²) in [5, 5.41) is 3.23. The molecule has 4 heteroatoms. The highest BCUT2D eigenvalue weighted by molar-refractivity contribution is 5.77. The van der Waals surface area contributed by atoms with E-state index in [2.05, 4.69) is 5.32 Å². The lowest BCUT2D eigenvalue weighted by atomic mass is 10.1. The lowest BCUT2D eigenvalue weighted by Gasteiger charge is -2.17. The summed E-state index contributed by atoms with van der Waals surface area (Å²) in [4.78, 5) is 11.9. The van der Waals surface area contributed by atoms with E-state index in [4.69, 9.17) is 4.74 Å². The Labute approximate surface area is 113 Å². The van der Waals surface area contributed by atoms with Crippen LogP contribution < -0.4 is 5.32 Å². The summed E-state index contributed by atoms with van der Waals surface area (Å²) in [7, 11) is 3.38. The first-order valence-corrected chi connectivity index (χ1v) is 6.18. The zero-order valence-corrected chi connectivity index (χ0v) is 11.2. The first-order valence-electron chi connectivity index (χ1n) is 6.18. The van der Waals surface area contributed by atoms with Crippen molar-refractivity contribution in [3.63, 3.8) is 0 Å². The molecule has 0 saturated heterocycles. The molecule has 1 N–H and O–H groups in total. The second kappa shape index (κ2) is 6.20. The average Bonchev–Trinajstić information content (AvgIpc) is 2.85. The van der Waals surface area contributed by atoms with Crippen molar-refractivity contribution in [3.05, 3.63) is 59.9 Å². The highest BCUT2D eigenvalue weighted by Crippen LogP contribution is 2.15. The lowest BCUT2D eigenvalue weighted by Crippen LogP contribution is -2.29. The molecule has 0 bridgehead atoms.